The van der Waals surface area contributed by atoms with Crippen molar-refractivity contribution in [2.24, 2.45) is 0 Å². The molecular formula is C26H29FN4O5S. The Labute approximate surface area is 214 Å². The molecule has 4 aromatic rings. The highest BCUT2D eigenvalue weighted by Gasteiger charge is 2.29. The predicted octanol–water partition coefficient (Wildman–Crippen LogP) is 3.77. The summed E-state index contributed by atoms with van der Waals surface area (Å²) in [6.45, 7) is 6.16. The van der Waals surface area contributed by atoms with Crippen LogP contribution in [0, 0.1) is 12.7 Å². The van der Waals surface area contributed by atoms with E-state index < -0.39 is 21.6 Å². The number of aryl methyl sites for hydroxylation is 2. The first-order chi connectivity index (χ1) is 17.6. The summed E-state index contributed by atoms with van der Waals surface area (Å²) in [6.07, 6.45) is 2.73. The number of imidazole rings is 1. The second-order valence-corrected chi connectivity index (χ2v) is 10.8. The van der Waals surface area contributed by atoms with Crippen LogP contribution in [-0.2, 0) is 16.4 Å². The lowest BCUT2D eigenvalue weighted by Crippen LogP contribution is -2.32. The zero-order valence-electron chi connectivity index (χ0n) is 21.4. The molecule has 0 aliphatic rings. The number of rotatable bonds is 9. The number of hydrogen-bond donors (Lipinski definition) is 0. The van der Waals surface area contributed by atoms with E-state index in [0.29, 0.717) is 35.8 Å². The third-order valence-electron chi connectivity index (χ3n) is 6.16. The molecule has 3 heterocycles. The highest BCUT2D eigenvalue weighted by molar-refractivity contribution is 7.90. The monoisotopic (exact) mass is 528 g/mol. The number of pyridine rings is 2. The SMILES string of the molecule is CCOc1nc(C(CS(C)(=O)=O)n2c(=O)n(CC)c3c(C)c(-c4ccc(F)cc4)cnc32)ccc1OC. The molecule has 196 valence electrons. The van der Waals surface area contributed by atoms with Gasteiger partial charge in [0.2, 0.25) is 0 Å². The van der Waals surface area contributed by atoms with Crippen molar-refractivity contribution in [3.8, 4) is 22.8 Å². The second-order valence-electron chi connectivity index (χ2n) is 8.66. The lowest BCUT2D eigenvalue weighted by molar-refractivity contribution is 0.296. The van der Waals surface area contributed by atoms with Gasteiger partial charge in [-0.25, -0.2) is 27.6 Å². The van der Waals surface area contributed by atoms with Crippen LogP contribution in [0.15, 0.2) is 47.4 Å². The molecule has 4 rings (SSSR count). The Morgan fingerprint density at radius 2 is 1.81 bits per heavy atom. The lowest BCUT2D eigenvalue weighted by atomic mass is 10.0. The molecule has 0 saturated carbocycles. The first-order valence-corrected chi connectivity index (χ1v) is 13.9. The topological polar surface area (TPSA) is 105 Å². The second kappa shape index (κ2) is 10.3. The summed E-state index contributed by atoms with van der Waals surface area (Å²) < 4.78 is 52.4. The fourth-order valence-electron chi connectivity index (χ4n) is 4.49. The van der Waals surface area contributed by atoms with Crippen molar-refractivity contribution in [1.29, 1.82) is 0 Å². The van der Waals surface area contributed by atoms with Gasteiger partial charge in [-0.15, -0.1) is 0 Å². The maximum absolute atomic E-state index is 13.8. The summed E-state index contributed by atoms with van der Waals surface area (Å²) >= 11 is 0. The third-order valence-corrected chi connectivity index (χ3v) is 7.08. The summed E-state index contributed by atoms with van der Waals surface area (Å²) in [7, 11) is -2.07. The van der Waals surface area contributed by atoms with E-state index in [4.69, 9.17) is 9.47 Å². The number of benzene rings is 1. The van der Waals surface area contributed by atoms with E-state index in [-0.39, 0.29) is 17.5 Å². The maximum Gasteiger partial charge on any atom is 0.330 e. The van der Waals surface area contributed by atoms with Gasteiger partial charge < -0.3 is 9.47 Å². The van der Waals surface area contributed by atoms with E-state index in [9.17, 15) is 17.6 Å². The molecule has 1 unspecified atom stereocenters. The van der Waals surface area contributed by atoms with Crippen LogP contribution in [0.5, 0.6) is 11.6 Å². The number of hydrogen-bond acceptors (Lipinski definition) is 7. The Morgan fingerprint density at radius 1 is 1.11 bits per heavy atom. The van der Waals surface area contributed by atoms with Crippen molar-refractivity contribution in [2.75, 3.05) is 25.7 Å². The summed E-state index contributed by atoms with van der Waals surface area (Å²) in [6, 6.07) is 8.33. The first-order valence-electron chi connectivity index (χ1n) is 11.8. The Kier molecular flexibility index (Phi) is 7.35. The smallest absolute Gasteiger partial charge is 0.330 e. The van der Waals surface area contributed by atoms with Crippen LogP contribution in [0.4, 0.5) is 4.39 Å². The number of fused-ring (bicyclic) bond motifs is 1. The fraction of sp³-hybridized carbons (Fsp3) is 0.346. The van der Waals surface area contributed by atoms with Crippen molar-refractivity contribution in [3.63, 3.8) is 0 Å². The summed E-state index contributed by atoms with van der Waals surface area (Å²) in [5.41, 5.74) is 3.09. The zero-order valence-corrected chi connectivity index (χ0v) is 22.2. The Bertz CT molecular complexity index is 1610. The Hall–Kier alpha value is -3.73. The van der Waals surface area contributed by atoms with Gasteiger partial charge in [0.1, 0.15) is 15.7 Å². The number of sulfone groups is 1. The van der Waals surface area contributed by atoms with E-state index in [1.807, 2.05) is 13.8 Å². The molecule has 0 fully saturated rings. The molecule has 1 aromatic carbocycles. The van der Waals surface area contributed by atoms with E-state index in [2.05, 4.69) is 9.97 Å². The molecule has 0 amide bonds. The Morgan fingerprint density at radius 3 is 2.41 bits per heavy atom. The molecule has 11 heteroatoms. The van der Waals surface area contributed by atoms with E-state index in [0.717, 1.165) is 22.9 Å². The largest absolute Gasteiger partial charge is 0.491 e. The molecule has 0 saturated heterocycles. The van der Waals surface area contributed by atoms with Crippen molar-refractivity contribution in [2.45, 2.75) is 33.4 Å². The van der Waals surface area contributed by atoms with Gasteiger partial charge in [0.15, 0.2) is 11.4 Å². The quantitative estimate of drug-likeness (QED) is 0.326. The van der Waals surface area contributed by atoms with Crippen LogP contribution >= 0.6 is 0 Å². The van der Waals surface area contributed by atoms with Crippen LogP contribution in [0.1, 0.15) is 31.1 Å². The van der Waals surface area contributed by atoms with Crippen LogP contribution in [0.25, 0.3) is 22.3 Å². The van der Waals surface area contributed by atoms with Gasteiger partial charge in [-0.05, 0) is 56.2 Å². The van der Waals surface area contributed by atoms with Gasteiger partial charge in [0.05, 0.1) is 36.7 Å². The molecule has 3 aromatic heterocycles. The molecule has 0 aliphatic heterocycles. The molecule has 0 radical (unpaired) electrons. The van der Waals surface area contributed by atoms with Gasteiger partial charge in [-0.3, -0.25) is 9.13 Å². The van der Waals surface area contributed by atoms with Crippen LogP contribution in [-0.4, -0.2) is 53.2 Å². The lowest BCUT2D eigenvalue weighted by Gasteiger charge is -2.19. The number of methoxy groups -OCH3 is 1. The molecule has 37 heavy (non-hydrogen) atoms. The summed E-state index contributed by atoms with van der Waals surface area (Å²) in [5.74, 6) is -0.129. The molecule has 0 N–H and O–H groups in total. The molecule has 1 atom stereocenters. The minimum atomic E-state index is -3.55. The van der Waals surface area contributed by atoms with Gasteiger partial charge in [-0.2, -0.15) is 0 Å². The fourth-order valence-corrected chi connectivity index (χ4v) is 5.38. The highest BCUT2D eigenvalue weighted by Crippen LogP contribution is 2.32. The average molecular weight is 529 g/mol. The van der Waals surface area contributed by atoms with Gasteiger partial charge in [0, 0.05) is 24.6 Å². The minimum Gasteiger partial charge on any atom is -0.491 e. The number of nitrogens with zero attached hydrogens (tertiary/aromatic N) is 4. The Balaban J connectivity index is 2.00. The summed E-state index contributed by atoms with van der Waals surface area (Å²) in [5, 5.41) is 0. The van der Waals surface area contributed by atoms with Crippen molar-refractivity contribution >= 4 is 21.0 Å². The van der Waals surface area contributed by atoms with Crippen LogP contribution < -0.4 is 15.2 Å². The zero-order chi connectivity index (χ0) is 26.9. The normalized spacial score (nSPS) is 12.6. The van der Waals surface area contributed by atoms with Gasteiger partial charge in [0.25, 0.3) is 5.88 Å². The third kappa shape index (κ3) is 5.08. The van der Waals surface area contributed by atoms with Gasteiger partial charge >= 0.3 is 5.69 Å². The van der Waals surface area contributed by atoms with Crippen molar-refractivity contribution < 1.29 is 22.3 Å². The minimum absolute atomic E-state index is 0.205. The van der Waals surface area contributed by atoms with Crippen LogP contribution in [0.3, 0.4) is 0 Å². The number of aromatic nitrogens is 4. The highest BCUT2D eigenvalue weighted by atomic mass is 32.2. The standard InChI is InChI=1S/C26H29FN4O5S/c1-6-30-23-16(3)19(17-8-10-18(27)11-9-17)14-28-24(23)31(26(30)32)21(15-37(5,33)34)20-12-13-22(35-4)25(29-20)36-7-2/h8-14,21H,6-7,15H2,1-5H3. The van der Waals surface area contributed by atoms with Crippen molar-refractivity contribution in [3.05, 3.63) is 70.2 Å². The molecule has 9 nitrogen and oxygen atoms in total. The average Bonchev–Trinajstić information content (AvgIpc) is 3.15. The predicted molar refractivity (Wildman–Crippen MR) is 140 cm³/mol. The molecule has 0 aliphatic carbocycles. The van der Waals surface area contributed by atoms with E-state index >= 15 is 0 Å². The maximum atomic E-state index is 13.8. The van der Waals surface area contributed by atoms with Crippen molar-refractivity contribution in [1.82, 2.24) is 19.1 Å². The molecular weight excluding hydrogens is 499 g/mol. The van der Waals surface area contributed by atoms with Gasteiger partial charge in [-0.1, -0.05) is 12.1 Å². The van der Waals surface area contributed by atoms with E-state index in [1.54, 1.807) is 42.0 Å². The molecule has 0 spiro atoms. The first kappa shape index (κ1) is 26.3. The number of halogens is 1. The summed E-state index contributed by atoms with van der Waals surface area (Å²) in [4.78, 5) is 22.9. The van der Waals surface area contributed by atoms with E-state index in [1.165, 1.54) is 23.8 Å². The number of ether oxygens (including phenoxy) is 2. The van der Waals surface area contributed by atoms with Crippen LogP contribution in [0.2, 0.25) is 0 Å². The molecule has 0 bridgehead atoms.